The minimum absolute atomic E-state index is 0.159. The Kier molecular flexibility index (Phi) is 3.81. The molecular weight excluding hydrogens is 244 g/mol. The Hall–Kier alpha value is -2.77. The molecule has 2 aromatic heterocycles. The van der Waals surface area contributed by atoms with E-state index in [1.807, 2.05) is 19.0 Å². The van der Waals surface area contributed by atoms with Crippen molar-refractivity contribution < 1.29 is 0 Å². The molecule has 8 heteroatoms. The SMILES string of the molecule is CN(C)/C(=C\C(=N)c1ncncn1)c1ncncn1. The molecule has 0 amide bonds. The molecule has 0 saturated carbocycles. The number of hydrogen-bond acceptors (Lipinski definition) is 8. The topological polar surface area (TPSA) is 104 Å². The Morgan fingerprint density at radius 2 is 1.42 bits per heavy atom. The number of hydrogen-bond donors (Lipinski definition) is 1. The highest BCUT2D eigenvalue weighted by Gasteiger charge is 2.10. The molecule has 0 saturated heterocycles. The average molecular weight is 256 g/mol. The lowest BCUT2D eigenvalue weighted by molar-refractivity contribution is 0.584. The second-order valence-electron chi connectivity index (χ2n) is 3.76. The van der Waals surface area contributed by atoms with Crippen LogP contribution in [-0.4, -0.2) is 54.6 Å². The van der Waals surface area contributed by atoms with Gasteiger partial charge in [0.2, 0.25) is 0 Å². The van der Waals surface area contributed by atoms with Gasteiger partial charge in [-0.3, -0.25) is 5.41 Å². The second kappa shape index (κ2) is 5.71. The van der Waals surface area contributed by atoms with E-state index in [-0.39, 0.29) is 5.71 Å². The highest BCUT2D eigenvalue weighted by Crippen LogP contribution is 2.11. The van der Waals surface area contributed by atoms with Crippen molar-refractivity contribution in [3.63, 3.8) is 0 Å². The summed E-state index contributed by atoms with van der Waals surface area (Å²) in [5.74, 6) is 0.780. The molecule has 0 aliphatic rings. The number of nitrogens with one attached hydrogen (secondary N) is 1. The van der Waals surface area contributed by atoms with Crippen LogP contribution in [0, 0.1) is 5.41 Å². The van der Waals surface area contributed by atoms with Gasteiger partial charge < -0.3 is 4.90 Å². The van der Waals surface area contributed by atoms with Crippen molar-refractivity contribution in [1.29, 1.82) is 5.41 Å². The average Bonchev–Trinajstić information content (AvgIpc) is 2.46. The summed E-state index contributed by atoms with van der Waals surface area (Å²) in [7, 11) is 3.69. The first-order chi connectivity index (χ1) is 9.18. The zero-order chi connectivity index (χ0) is 13.7. The van der Waals surface area contributed by atoms with E-state index in [0.717, 1.165) is 0 Å². The molecule has 0 radical (unpaired) electrons. The van der Waals surface area contributed by atoms with Gasteiger partial charge in [0, 0.05) is 14.1 Å². The molecule has 1 N–H and O–H groups in total. The monoisotopic (exact) mass is 256 g/mol. The molecule has 0 spiro atoms. The molecule has 8 nitrogen and oxygen atoms in total. The van der Waals surface area contributed by atoms with Gasteiger partial charge in [-0.15, -0.1) is 0 Å². The van der Waals surface area contributed by atoms with Crippen molar-refractivity contribution in [3.05, 3.63) is 43.0 Å². The van der Waals surface area contributed by atoms with Crippen LogP contribution in [0.4, 0.5) is 0 Å². The Balaban J connectivity index is 2.35. The fraction of sp³-hybridized carbons (Fsp3) is 0.182. The summed E-state index contributed by atoms with van der Waals surface area (Å²) in [5.41, 5.74) is 0.833. The van der Waals surface area contributed by atoms with Gasteiger partial charge in [0.15, 0.2) is 11.6 Å². The molecule has 0 aromatic carbocycles. The maximum atomic E-state index is 7.98. The van der Waals surface area contributed by atoms with Crippen LogP contribution in [-0.2, 0) is 0 Å². The quantitative estimate of drug-likeness (QED) is 0.769. The van der Waals surface area contributed by atoms with Crippen LogP contribution in [0.1, 0.15) is 11.6 Å². The van der Waals surface area contributed by atoms with Crippen molar-refractivity contribution in [3.8, 4) is 0 Å². The summed E-state index contributed by atoms with van der Waals surface area (Å²) in [6, 6.07) is 0. The Bertz CT molecular complexity index is 578. The van der Waals surface area contributed by atoms with E-state index in [1.54, 1.807) is 6.08 Å². The summed E-state index contributed by atoms with van der Waals surface area (Å²) < 4.78 is 0. The van der Waals surface area contributed by atoms with E-state index in [1.165, 1.54) is 25.3 Å². The maximum absolute atomic E-state index is 7.98. The molecule has 0 atom stereocenters. The van der Waals surface area contributed by atoms with Crippen LogP contribution >= 0.6 is 0 Å². The highest BCUT2D eigenvalue weighted by molar-refractivity contribution is 6.07. The van der Waals surface area contributed by atoms with E-state index in [4.69, 9.17) is 5.41 Å². The first-order valence-electron chi connectivity index (χ1n) is 5.41. The standard InChI is InChI=1S/C11H12N8/c1-19(2)9(11-17-6-14-7-18-11)3-8(12)10-15-4-13-5-16-10/h3-7,12H,1-2H3/b9-3-,12-8?. The van der Waals surface area contributed by atoms with Gasteiger partial charge in [-0.2, -0.15) is 0 Å². The lowest BCUT2D eigenvalue weighted by atomic mass is 10.2. The first kappa shape index (κ1) is 12.7. The van der Waals surface area contributed by atoms with Crippen LogP contribution < -0.4 is 0 Å². The van der Waals surface area contributed by atoms with Gasteiger partial charge in [-0.05, 0) is 6.08 Å². The van der Waals surface area contributed by atoms with E-state index in [9.17, 15) is 0 Å². The Labute approximate surface area is 109 Å². The molecule has 0 aliphatic carbocycles. The number of allylic oxidation sites excluding steroid dienone is 1. The molecule has 2 heterocycles. The van der Waals surface area contributed by atoms with Crippen molar-refractivity contribution >= 4 is 11.4 Å². The van der Waals surface area contributed by atoms with E-state index < -0.39 is 0 Å². The minimum atomic E-state index is 0.159. The fourth-order valence-electron chi connectivity index (χ4n) is 1.34. The molecule has 96 valence electrons. The van der Waals surface area contributed by atoms with Crippen molar-refractivity contribution in [2.45, 2.75) is 0 Å². The zero-order valence-electron chi connectivity index (χ0n) is 10.5. The first-order valence-corrected chi connectivity index (χ1v) is 5.41. The van der Waals surface area contributed by atoms with E-state index >= 15 is 0 Å². The smallest absolute Gasteiger partial charge is 0.180 e. The van der Waals surface area contributed by atoms with Gasteiger partial charge >= 0.3 is 0 Å². The molecular formula is C11H12N8. The molecule has 19 heavy (non-hydrogen) atoms. The van der Waals surface area contributed by atoms with Crippen molar-refractivity contribution in [2.75, 3.05) is 14.1 Å². The van der Waals surface area contributed by atoms with Gasteiger partial charge in [-0.1, -0.05) is 0 Å². The number of nitrogens with zero attached hydrogens (tertiary/aromatic N) is 7. The molecule has 0 bridgehead atoms. The van der Waals surface area contributed by atoms with E-state index in [2.05, 4.69) is 29.9 Å². The second-order valence-corrected chi connectivity index (χ2v) is 3.76. The zero-order valence-corrected chi connectivity index (χ0v) is 10.5. The maximum Gasteiger partial charge on any atom is 0.180 e. The van der Waals surface area contributed by atoms with Crippen LogP contribution in [0.25, 0.3) is 5.70 Å². The van der Waals surface area contributed by atoms with Gasteiger partial charge in [0.25, 0.3) is 0 Å². The molecule has 2 aromatic rings. The van der Waals surface area contributed by atoms with Gasteiger partial charge in [-0.25, -0.2) is 29.9 Å². The third-order valence-electron chi connectivity index (χ3n) is 2.22. The van der Waals surface area contributed by atoms with Crippen molar-refractivity contribution in [1.82, 2.24) is 34.8 Å². The lowest BCUT2D eigenvalue weighted by Gasteiger charge is -2.15. The number of rotatable bonds is 4. The normalized spacial score (nSPS) is 11.2. The highest BCUT2D eigenvalue weighted by atomic mass is 15.1. The summed E-state index contributed by atoms with van der Waals surface area (Å²) in [6.07, 6.45) is 7.12. The Morgan fingerprint density at radius 3 is 1.89 bits per heavy atom. The van der Waals surface area contributed by atoms with Crippen LogP contribution in [0.5, 0.6) is 0 Å². The van der Waals surface area contributed by atoms with Gasteiger partial charge in [0.05, 0.1) is 5.70 Å². The molecule has 2 rings (SSSR count). The predicted molar refractivity (Wildman–Crippen MR) is 68.1 cm³/mol. The summed E-state index contributed by atoms with van der Waals surface area (Å²) in [4.78, 5) is 25.3. The fourth-order valence-corrected chi connectivity index (χ4v) is 1.34. The third-order valence-corrected chi connectivity index (χ3v) is 2.22. The lowest BCUT2D eigenvalue weighted by Crippen LogP contribution is -2.15. The molecule has 0 fully saturated rings. The van der Waals surface area contributed by atoms with Gasteiger partial charge in [0.1, 0.15) is 31.0 Å². The molecule has 0 aliphatic heterocycles. The van der Waals surface area contributed by atoms with Crippen LogP contribution in [0.3, 0.4) is 0 Å². The predicted octanol–water partition coefficient (Wildman–Crippen LogP) is 0.0272. The summed E-state index contributed by atoms with van der Waals surface area (Å²) in [6.45, 7) is 0. The van der Waals surface area contributed by atoms with Crippen LogP contribution in [0.15, 0.2) is 31.4 Å². The van der Waals surface area contributed by atoms with E-state index in [0.29, 0.717) is 17.3 Å². The largest absolute Gasteiger partial charge is 0.375 e. The Morgan fingerprint density at radius 1 is 0.947 bits per heavy atom. The molecule has 0 unspecified atom stereocenters. The number of aromatic nitrogens is 6. The minimum Gasteiger partial charge on any atom is -0.375 e. The summed E-state index contributed by atoms with van der Waals surface area (Å²) >= 11 is 0. The summed E-state index contributed by atoms with van der Waals surface area (Å²) in [5, 5.41) is 7.98. The van der Waals surface area contributed by atoms with Crippen molar-refractivity contribution in [2.24, 2.45) is 0 Å². The van der Waals surface area contributed by atoms with Crippen LogP contribution in [0.2, 0.25) is 0 Å². The third kappa shape index (κ3) is 3.12.